The van der Waals surface area contributed by atoms with Crippen molar-refractivity contribution in [1.29, 1.82) is 0 Å². The molecule has 2 aromatic rings. The zero-order chi connectivity index (χ0) is 16.2. The molecule has 1 aromatic heterocycles. The average molecular weight is 426 g/mol. The second-order valence-corrected chi connectivity index (χ2v) is 7.62. The molecule has 0 aliphatic heterocycles. The first-order valence-corrected chi connectivity index (χ1v) is 8.08. The third-order valence-corrected chi connectivity index (χ3v) is 4.41. The molecule has 0 saturated heterocycles. The highest BCUT2D eigenvalue weighted by Gasteiger charge is 2.30. The molecule has 2 rings (SSSR count). The fraction of sp³-hybridized carbons (Fsp3) is 0.154. The molecule has 0 amide bonds. The first-order chi connectivity index (χ1) is 9.64. The van der Waals surface area contributed by atoms with Gasteiger partial charge in [0.15, 0.2) is 0 Å². The summed E-state index contributed by atoms with van der Waals surface area (Å²) in [5, 5.41) is -0.0607. The van der Waals surface area contributed by atoms with Crippen LogP contribution in [0.2, 0.25) is 20.2 Å². The topological polar surface area (TPSA) is 12.9 Å². The van der Waals surface area contributed by atoms with Gasteiger partial charge >= 0.3 is 0 Å². The van der Waals surface area contributed by atoms with E-state index in [-0.39, 0.29) is 25.9 Å². The largest absolute Gasteiger partial charge is 0.234 e. The molecule has 8 heteroatoms. The molecule has 1 heterocycles. The first kappa shape index (κ1) is 19.4. The number of nitrogens with zero attached hydrogens (tertiary/aromatic N) is 1. The van der Waals surface area contributed by atoms with Gasteiger partial charge in [0.2, 0.25) is 3.79 Å². The van der Waals surface area contributed by atoms with Gasteiger partial charge in [0, 0.05) is 0 Å². The van der Waals surface area contributed by atoms with Gasteiger partial charge in [0.1, 0.15) is 10.8 Å². The highest BCUT2D eigenvalue weighted by molar-refractivity contribution is 6.67. The van der Waals surface area contributed by atoms with Crippen molar-refractivity contribution >= 4 is 81.2 Å². The Hall–Kier alpha value is 0.400. The number of aromatic nitrogens is 1. The van der Waals surface area contributed by atoms with Crippen LogP contribution in [0, 0.1) is 6.92 Å². The number of hydrogen-bond donors (Lipinski definition) is 0. The van der Waals surface area contributed by atoms with Crippen LogP contribution >= 0.6 is 81.2 Å². The minimum absolute atomic E-state index is 0.00894. The van der Waals surface area contributed by atoms with Crippen molar-refractivity contribution in [3.8, 4) is 0 Å². The van der Waals surface area contributed by atoms with Crippen LogP contribution in [0.4, 0.5) is 0 Å². The molecule has 0 unspecified atom stereocenters. The molecule has 0 N–H and O–H groups in total. The molecule has 1 aromatic carbocycles. The molecule has 0 fully saturated rings. The minimum atomic E-state index is -1.80. The third-order valence-electron chi connectivity index (χ3n) is 2.19. The molecule has 0 saturated carbocycles. The van der Waals surface area contributed by atoms with E-state index in [1.54, 1.807) is 0 Å². The Morgan fingerprint density at radius 2 is 1.33 bits per heavy atom. The van der Waals surface area contributed by atoms with Gasteiger partial charge in [0.05, 0.1) is 15.1 Å². The maximum atomic E-state index is 5.76. The van der Waals surface area contributed by atoms with Crippen molar-refractivity contribution in [1.82, 2.24) is 4.98 Å². The summed E-state index contributed by atoms with van der Waals surface area (Å²) in [5.74, 6) is 0. The Morgan fingerprint density at radius 1 is 0.810 bits per heavy atom. The van der Waals surface area contributed by atoms with Crippen LogP contribution in [-0.2, 0) is 3.79 Å². The van der Waals surface area contributed by atoms with E-state index in [0.717, 1.165) is 0 Å². The van der Waals surface area contributed by atoms with Crippen LogP contribution in [-0.4, -0.2) is 4.98 Å². The quantitative estimate of drug-likeness (QED) is 0.314. The fourth-order valence-corrected chi connectivity index (χ4v) is 2.63. The van der Waals surface area contributed by atoms with Gasteiger partial charge < -0.3 is 0 Å². The molecule has 0 aliphatic rings. The van der Waals surface area contributed by atoms with E-state index < -0.39 is 3.79 Å². The van der Waals surface area contributed by atoms with E-state index in [1.807, 2.05) is 18.2 Å². The molecule has 0 atom stereocenters. The van der Waals surface area contributed by atoms with Crippen molar-refractivity contribution in [2.45, 2.75) is 10.7 Å². The zero-order valence-electron chi connectivity index (χ0n) is 10.5. The highest BCUT2D eigenvalue weighted by Crippen LogP contribution is 2.45. The predicted octanol–water partition coefficient (Wildman–Crippen LogP) is 7.52. The molecular weight excluding hydrogens is 418 g/mol. The molecule has 0 radical (unpaired) electrons. The molecule has 0 aliphatic carbocycles. The second-order valence-electron chi connectivity index (χ2n) is 3.85. The number of rotatable bonds is 0. The van der Waals surface area contributed by atoms with Crippen LogP contribution in [0.15, 0.2) is 30.3 Å². The van der Waals surface area contributed by atoms with Crippen LogP contribution in [0.3, 0.4) is 0 Å². The SMILES string of the molecule is Cc1ccccc1.Clc1nc(C(Cl)(Cl)Cl)c(Cl)c(Cl)c1Cl. The lowest BCUT2D eigenvalue weighted by atomic mass is 10.2. The molecule has 21 heavy (non-hydrogen) atoms. The lowest BCUT2D eigenvalue weighted by molar-refractivity contribution is 1.09. The lowest BCUT2D eigenvalue weighted by Gasteiger charge is -2.14. The summed E-state index contributed by atoms with van der Waals surface area (Å²) >= 11 is 39.5. The zero-order valence-corrected chi connectivity index (χ0v) is 15.8. The summed E-state index contributed by atoms with van der Waals surface area (Å²) < 4.78 is -1.80. The Balaban J connectivity index is 0.000000262. The maximum absolute atomic E-state index is 5.76. The summed E-state index contributed by atoms with van der Waals surface area (Å²) in [5.41, 5.74) is 1.27. The van der Waals surface area contributed by atoms with E-state index >= 15 is 0 Å². The van der Waals surface area contributed by atoms with E-state index in [4.69, 9.17) is 81.2 Å². The first-order valence-electron chi connectivity index (χ1n) is 5.43. The highest BCUT2D eigenvalue weighted by atomic mass is 35.6. The molecule has 114 valence electrons. The second kappa shape index (κ2) is 8.31. The van der Waals surface area contributed by atoms with Crippen molar-refractivity contribution in [2.75, 3.05) is 0 Å². The summed E-state index contributed by atoms with van der Waals surface area (Å²) in [6.45, 7) is 2.08. The normalized spacial score (nSPS) is 10.9. The van der Waals surface area contributed by atoms with Crippen molar-refractivity contribution in [2.24, 2.45) is 0 Å². The standard InChI is InChI=1S/C7H8.C6Cl7N/c1-7-5-3-2-4-6-7;7-1-2(8)4(6(11,12)13)14-5(10)3(1)9/h2-6H,1H3;. The Kier molecular flexibility index (Phi) is 7.69. The van der Waals surface area contributed by atoms with Gasteiger partial charge in [-0.05, 0) is 6.92 Å². The van der Waals surface area contributed by atoms with E-state index in [0.29, 0.717) is 0 Å². The molecule has 0 spiro atoms. The summed E-state index contributed by atoms with van der Waals surface area (Å²) in [6, 6.07) is 10.3. The molecular formula is C13H8Cl7N. The van der Waals surface area contributed by atoms with Gasteiger partial charge in [-0.3, -0.25) is 0 Å². The number of pyridine rings is 1. The summed E-state index contributed by atoms with van der Waals surface area (Å²) in [6.07, 6.45) is 0. The van der Waals surface area contributed by atoms with Gasteiger partial charge in [-0.2, -0.15) is 0 Å². The lowest BCUT2D eigenvalue weighted by Crippen LogP contribution is -2.05. The molecule has 1 nitrogen and oxygen atoms in total. The monoisotopic (exact) mass is 423 g/mol. The number of hydrogen-bond acceptors (Lipinski definition) is 1. The van der Waals surface area contributed by atoms with Crippen LogP contribution < -0.4 is 0 Å². The van der Waals surface area contributed by atoms with Crippen molar-refractivity contribution < 1.29 is 0 Å². The van der Waals surface area contributed by atoms with E-state index in [1.165, 1.54) is 5.56 Å². The average Bonchev–Trinajstić information content (AvgIpc) is 2.41. The number of aryl methyl sites for hydroxylation is 1. The van der Waals surface area contributed by atoms with Crippen molar-refractivity contribution in [3.05, 3.63) is 61.8 Å². The van der Waals surface area contributed by atoms with Crippen molar-refractivity contribution in [3.63, 3.8) is 0 Å². The molecule has 0 bridgehead atoms. The van der Waals surface area contributed by atoms with E-state index in [2.05, 4.69) is 24.0 Å². The maximum Gasteiger partial charge on any atom is 0.234 e. The predicted molar refractivity (Wildman–Crippen MR) is 94.7 cm³/mol. The summed E-state index contributed by atoms with van der Waals surface area (Å²) in [4.78, 5) is 3.73. The van der Waals surface area contributed by atoms with Gasteiger partial charge in [-0.25, -0.2) is 4.98 Å². The smallest absolute Gasteiger partial charge is 0.233 e. The fourth-order valence-electron chi connectivity index (χ4n) is 1.21. The van der Waals surface area contributed by atoms with Gasteiger partial charge in [-0.15, -0.1) is 0 Å². The van der Waals surface area contributed by atoms with Gasteiger partial charge in [0.25, 0.3) is 0 Å². The van der Waals surface area contributed by atoms with Crippen LogP contribution in [0.25, 0.3) is 0 Å². The number of halogens is 7. The Bertz CT molecular complexity index is 608. The number of benzene rings is 1. The summed E-state index contributed by atoms with van der Waals surface area (Å²) in [7, 11) is 0. The minimum Gasteiger partial charge on any atom is -0.233 e. The Labute approximate surface area is 158 Å². The van der Waals surface area contributed by atoms with Crippen LogP contribution in [0.5, 0.6) is 0 Å². The Morgan fingerprint density at radius 3 is 1.71 bits per heavy atom. The van der Waals surface area contributed by atoms with E-state index in [9.17, 15) is 0 Å². The van der Waals surface area contributed by atoms with Gasteiger partial charge in [-0.1, -0.05) is 117 Å². The third kappa shape index (κ3) is 5.84. The van der Waals surface area contributed by atoms with Crippen LogP contribution in [0.1, 0.15) is 11.3 Å². The number of alkyl halides is 3.